The normalized spacial score (nSPS) is 17.7. The van der Waals surface area contributed by atoms with Crippen molar-refractivity contribution in [1.82, 2.24) is 0 Å². The van der Waals surface area contributed by atoms with Crippen LogP contribution in [0.5, 0.6) is 5.75 Å². The van der Waals surface area contributed by atoms with Crippen molar-refractivity contribution in [2.24, 2.45) is 5.73 Å². The summed E-state index contributed by atoms with van der Waals surface area (Å²) in [6.45, 7) is 3.65. The minimum Gasteiger partial charge on any atom is -0.479 e. The number of ether oxygens (including phenoxy) is 1. The van der Waals surface area contributed by atoms with E-state index in [1.165, 1.54) is 0 Å². The van der Waals surface area contributed by atoms with E-state index in [0.29, 0.717) is 23.5 Å². The topological polar surface area (TPSA) is 93.5 Å². The molecule has 2 atom stereocenters. The Labute approximate surface area is 129 Å². The SMILES string of the molecule is CCCC(N)C(=O)Nc1ccc2c(c1)NC(=O)C(C)O2.Cl. The Morgan fingerprint density at radius 3 is 2.90 bits per heavy atom. The van der Waals surface area contributed by atoms with Gasteiger partial charge >= 0.3 is 0 Å². The van der Waals surface area contributed by atoms with Crippen LogP contribution in [0, 0.1) is 0 Å². The first-order chi connectivity index (χ1) is 9.51. The molecule has 2 unspecified atom stereocenters. The van der Waals surface area contributed by atoms with Gasteiger partial charge in [0.2, 0.25) is 5.91 Å². The van der Waals surface area contributed by atoms with Gasteiger partial charge in [0, 0.05) is 5.69 Å². The van der Waals surface area contributed by atoms with Crippen molar-refractivity contribution in [2.75, 3.05) is 10.6 Å². The Morgan fingerprint density at radius 2 is 2.24 bits per heavy atom. The van der Waals surface area contributed by atoms with Crippen molar-refractivity contribution in [3.05, 3.63) is 18.2 Å². The summed E-state index contributed by atoms with van der Waals surface area (Å²) in [5, 5.41) is 5.46. The van der Waals surface area contributed by atoms with Crippen LogP contribution in [0.3, 0.4) is 0 Å². The van der Waals surface area contributed by atoms with Crippen molar-refractivity contribution in [3.8, 4) is 5.75 Å². The van der Waals surface area contributed by atoms with Crippen molar-refractivity contribution >= 4 is 35.6 Å². The van der Waals surface area contributed by atoms with E-state index in [0.717, 1.165) is 6.42 Å². The number of halogens is 1. The number of hydrogen-bond donors (Lipinski definition) is 3. The van der Waals surface area contributed by atoms with Gasteiger partial charge in [-0.15, -0.1) is 12.4 Å². The summed E-state index contributed by atoms with van der Waals surface area (Å²) >= 11 is 0. The monoisotopic (exact) mass is 313 g/mol. The lowest BCUT2D eigenvalue weighted by Gasteiger charge is -2.23. The zero-order valence-electron chi connectivity index (χ0n) is 12.0. The zero-order chi connectivity index (χ0) is 14.7. The molecule has 1 aromatic rings. The van der Waals surface area contributed by atoms with E-state index in [9.17, 15) is 9.59 Å². The van der Waals surface area contributed by atoms with E-state index in [2.05, 4.69) is 10.6 Å². The first-order valence-corrected chi connectivity index (χ1v) is 6.69. The Hall–Kier alpha value is -1.79. The molecular weight excluding hydrogens is 294 g/mol. The van der Waals surface area contributed by atoms with Gasteiger partial charge in [0.05, 0.1) is 11.7 Å². The van der Waals surface area contributed by atoms with Crippen LogP contribution in [0.2, 0.25) is 0 Å². The van der Waals surface area contributed by atoms with Gasteiger partial charge in [0.25, 0.3) is 5.91 Å². The zero-order valence-corrected chi connectivity index (χ0v) is 12.8. The Morgan fingerprint density at radius 1 is 1.52 bits per heavy atom. The van der Waals surface area contributed by atoms with E-state index in [-0.39, 0.29) is 24.2 Å². The van der Waals surface area contributed by atoms with Gasteiger partial charge in [0.1, 0.15) is 5.75 Å². The number of nitrogens with one attached hydrogen (secondary N) is 2. The van der Waals surface area contributed by atoms with Crippen LogP contribution in [-0.4, -0.2) is 24.0 Å². The predicted octanol–water partition coefficient (Wildman–Crippen LogP) is 1.89. The Kier molecular flexibility index (Phi) is 5.99. The molecule has 1 heterocycles. The minimum absolute atomic E-state index is 0. The molecule has 7 heteroatoms. The van der Waals surface area contributed by atoms with Gasteiger partial charge in [-0.2, -0.15) is 0 Å². The molecule has 0 aliphatic carbocycles. The summed E-state index contributed by atoms with van der Waals surface area (Å²) in [7, 11) is 0. The van der Waals surface area contributed by atoms with Gasteiger partial charge < -0.3 is 21.1 Å². The third kappa shape index (κ3) is 4.09. The maximum absolute atomic E-state index is 11.8. The van der Waals surface area contributed by atoms with Crippen LogP contribution in [0.15, 0.2) is 18.2 Å². The number of benzene rings is 1. The van der Waals surface area contributed by atoms with Crippen molar-refractivity contribution in [3.63, 3.8) is 0 Å². The smallest absolute Gasteiger partial charge is 0.265 e. The molecule has 1 aliphatic heterocycles. The van der Waals surface area contributed by atoms with Gasteiger partial charge in [-0.05, 0) is 31.5 Å². The van der Waals surface area contributed by atoms with Crippen LogP contribution < -0.4 is 21.1 Å². The quantitative estimate of drug-likeness (QED) is 0.791. The lowest BCUT2D eigenvalue weighted by molar-refractivity contribution is -0.122. The largest absolute Gasteiger partial charge is 0.479 e. The molecule has 0 saturated carbocycles. The summed E-state index contributed by atoms with van der Waals surface area (Å²) in [4.78, 5) is 23.4. The molecule has 4 N–H and O–H groups in total. The number of carbonyl (C=O) groups is 2. The number of amides is 2. The predicted molar refractivity (Wildman–Crippen MR) is 83.9 cm³/mol. The van der Waals surface area contributed by atoms with Gasteiger partial charge in [-0.1, -0.05) is 13.3 Å². The van der Waals surface area contributed by atoms with Gasteiger partial charge in [-0.3, -0.25) is 9.59 Å². The first kappa shape index (κ1) is 17.3. The van der Waals surface area contributed by atoms with Crippen molar-refractivity contribution in [2.45, 2.75) is 38.8 Å². The van der Waals surface area contributed by atoms with Crippen LogP contribution in [0.1, 0.15) is 26.7 Å². The number of fused-ring (bicyclic) bond motifs is 1. The molecular formula is C14H20ClN3O3. The molecule has 2 amide bonds. The van der Waals surface area contributed by atoms with E-state index in [4.69, 9.17) is 10.5 Å². The van der Waals surface area contributed by atoms with Crippen LogP contribution in [0.25, 0.3) is 0 Å². The average Bonchev–Trinajstić information content (AvgIpc) is 2.40. The molecule has 6 nitrogen and oxygen atoms in total. The van der Waals surface area contributed by atoms with Gasteiger partial charge in [-0.25, -0.2) is 0 Å². The second kappa shape index (κ2) is 7.28. The van der Waals surface area contributed by atoms with E-state index >= 15 is 0 Å². The molecule has 1 aliphatic rings. The molecule has 0 spiro atoms. The fourth-order valence-corrected chi connectivity index (χ4v) is 1.96. The molecule has 2 rings (SSSR count). The first-order valence-electron chi connectivity index (χ1n) is 6.69. The van der Waals surface area contributed by atoms with Gasteiger partial charge in [0.15, 0.2) is 6.10 Å². The summed E-state index contributed by atoms with van der Waals surface area (Å²) in [5.41, 5.74) is 6.88. The Bertz CT molecular complexity index is 536. The molecule has 0 radical (unpaired) electrons. The van der Waals surface area contributed by atoms with Crippen LogP contribution in [0.4, 0.5) is 11.4 Å². The summed E-state index contributed by atoms with van der Waals surface area (Å²) in [6, 6.07) is 4.57. The summed E-state index contributed by atoms with van der Waals surface area (Å²) < 4.78 is 5.44. The molecule has 0 saturated heterocycles. The second-order valence-electron chi connectivity index (χ2n) is 4.84. The maximum atomic E-state index is 11.8. The van der Waals surface area contributed by atoms with E-state index in [1.807, 2.05) is 6.92 Å². The number of carbonyl (C=O) groups excluding carboxylic acids is 2. The Balaban J connectivity index is 0.00000220. The highest BCUT2D eigenvalue weighted by Gasteiger charge is 2.23. The lowest BCUT2D eigenvalue weighted by atomic mass is 10.1. The number of nitrogens with two attached hydrogens (primary N) is 1. The van der Waals surface area contributed by atoms with Crippen molar-refractivity contribution in [1.29, 1.82) is 0 Å². The molecule has 0 aromatic heterocycles. The number of rotatable bonds is 4. The fraction of sp³-hybridized carbons (Fsp3) is 0.429. The van der Waals surface area contributed by atoms with Crippen LogP contribution in [-0.2, 0) is 9.59 Å². The summed E-state index contributed by atoms with van der Waals surface area (Å²) in [6.07, 6.45) is 0.968. The maximum Gasteiger partial charge on any atom is 0.265 e. The number of anilines is 2. The summed E-state index contributed by atoms with van der Waals surface area (Å²) in [5.74, 6) is 0.153. The second-order valence-corrected chi connectivity index (χ2v) is 4.84. The fourth-order valence-electron chi connectivity index (χ4n) is 1.96. The molecule has 0 fully saturated rings. The highest BCUT2D eigenvalue weighted by atomic mass is 35.5. The lowest BCUT2D eigenvalue weighted by Crippen LogP contribution is -2.36. The minimum atomic E-state index is -0.526. The molecule has 21 heavy (non-hydrogen) atoms. The van der Waals surface area contributed by atoms with Crippen LogP contribution >= 0.6 is 12.4 Å². The third-order valence-corrected chi connectivity index (χ3v) is 3.11. The molecule has 116 valence electrons. The van der Waals surface area contributed by atoms with E-state index < -0.39 is 12.1 Å². The average molecular weight is 314 g/mol. The molecule has 0 bridgehead atoms. The number of hydrogen-bond acceptors (Lipinski definition) is 4. The van der Waals surface area contributed by atoms with E-state index in [1.54, 1.807) is 25.1 Å². The highest BCUT2D eigenvalue weighted by molar-refractivity contribution is 5.99. The van der Waals surface area contributed by atoms with Crippen molar-refractivity contribution < 1.29 is 14.3 Å². The molecule has 1 aromatic carbocycles. The standard InChI is InChI=1S/C14H19N3O3.ClH/c1-3-4-10(15)14(19)16-9-5-6-12-11(7-9)17-13(18)8(2)20-12;/h5-8,10H,3-4,15H2,1-2H3,(H,16,19)(H,17,18);1H. The highest BCUT2D eigenvalue weighted by Crippen LogP contribution is 2.32. The third-order valence-electron chi connectivity index (χ3n) is 3.11.